The summed E-state index contributed by atoms with van der Waals surface area (Å²) in [7, 11) is 0. The minimum absolute atomic E-state index is 0.0730. The second-order valence-electron chi connectivity index (χ2n) is 9.94. The van der Waals surface area contributed by atoms with Crippen LogP contribution in [0.2, 0.25) is 5.02 Å². The van der Waals surface area contributed by atoms with Crippen molar-refractivity contribution >= 4 is 40.1 Å². The van der Waals surface area contributed by atoms with E-state index in [1.807, 2.05) is 30.3 Å². The number of nitrogens with zero attached hydrogens (tertiary/aromatic N) is 2. The van der Waals surface area contributed by atoms with Crippen LogP contribution in [0.25, 0.3) is 11.3 Å². The lowest BCUT2D eigenvalue weighted by Crippen LogP contribution is -2.24. The number of dihydropyridines is 1. The van der Waals surface area contributed by atoms with Crippen molar-refractivity contribution in [3.63, 3.8) is 0 Å². The van der Waals surface area contributed by atoms with E-state index in [0.717, 1.165) is 34.0 Å². The number of rotatable bonds is 5. The Morgan fingerprint density at radius 2 is 1.32 bits per heavy atom. The number of hydrogen-bond acceptors (Lipinski definition) is 4. The van der Waals surface area contributed by atoms with Crippen molar-refractivity contribution in [1.82, 2.24) is 10.3 Å². The Labute approximate surface area is 239 Å². The molecular formula is C35H27ClN4. The number of aromatic nitrogens is 1. The zero-order valence-electron chi connectivity index (χ0n) is 21.7. The van der Waals surface area contributed by atoms with Gasteiger partial charge in [0.15, 0.2) is 5.82 Å². The molecule has 4 nitrogen and oxygen atoms in total. The van der Waals surface area contributed by atoms with Crippen LogP contribution in [0.1, 0.15) is 34.5 Å². The van der Waals surface area contributed by atoms with Crippen LogP contribution >= 0.6 is 11.6 Å². The lowest BCUT2D eigenvalue weighted by atomic mass is 9.93. The molecule has 1 aromatic heterocycles. The minimum atomic E-state index is -0.131. The molecule has 7 rings (SSSR count). The maximum absolute atomic E-state index is 6.58. The van der Waals surface area contributed by atoms with Gasteiger partial charge in [-0.2, -0.15) is 0 Å². The van der Waals surface area contributed by atoms with E-state index in [1.54, 1.807) is 6.20 Å². The highest BCUT2D eigenvalue weighted by atomic mass is 35.5. The van der Waals surface area contributed by atoms with Gasteiger partial charge in [-0.1, -0.05) is 115 Å². The number of nitrogens with one attached hydrogen (secondary N) is 2. The summed E-state index contributed by atoms with van der Waals surface area (Å²) in [5.74, 6) is 0.829. The average molecular weight is 539 g/mol. The Hall–Kier alpha value is -4.80. The molecule has 0 aliphatic carbocycles. The third-order valence-electron chi connectivity index (χ3n) is 7.44. The fourth-order valence-corrected chi connectivity index (χ4v) is 5.65. The van der Waals surface area contributed by atoms with Gasteiger partial charge in [-0.25, -0.2) is 4.98 Å². The zero-order chi connectivity index (χ0) is 26.9. The summed E-state index contributed by atoms with van der Waals surface area (Å²) < 4.78 is 0. The Morgan fingerprint density at radius 3 is 2.05 bits per heavy atom. The maximum atomic E-state index is 6.58. The van der Waals surface area contributed by atoms with Gasteiger partial charge in [0.1, 0.15) is 6.17 Å². The second kappa shape index (κ2) is 10.4. The van der Waals surface area contributed by atoms with Crippen LogP contribution in [0.3, 0.4) is 0 Å². The number of para-hydroxylation sites is 1. The van der Waals surface area contributed by atoms with Crippen molar-refractivity contribution in [2.75, 3.05) is 10.2 Å². The highest BCUT2D eigenvalue weighted by Crippen LogP contribution is 2.47. The summed E-state index contributed by atoms with van der Waals surface area (Å²) in [6.07, 6.45) is 6.18. The first kappa shape index (κ1) is 24.3. The Balaban J connectivity index is 1.25. The van der Waals surface area contributed by atoms with Crippen molar-refractivity contribution in [3.8, 4) is 0 Å². The summed E-state index contributed by atoms with van der Waals surface area (Å²) in [6.45, 7) is 0. The third kappa shape index (κ3) is 4.53. The number of fused-ring (bicyclic) bond motifs is 1. The standard InChI is InChI=1S/C35H27ClN4/c36-30-20-21-37-35-33(30)39-34(40(35)29-14-8-3-9-15-29)27-18-16-24(17-19-27)28-22-31(25-10-4-1-5-11-25)38-32(23-28)26-12-6-2-7-13-26/h1-23,31,34,38-39H. The average Bonchev–Trinajstić information content (AvgIpc) is 3.43. The van der Waals surface area contributed by atoms with Gasteiger partial charge < -0.3 is 10.6 Å². The number of allylic oxidation sites excluding steroid dienone is 2. The number of benzene rings is 4. The first-order valence-electron chi connectivity index (χ1n) is 13.4. The van der Waals surface area contributed by atoms with Crippen molar-refractivity contribution in [3.05, 3.63) is 167 Å². The fourth-order valence-electron chi connectivity index (χ4n) is 5.46. The summed E-state index contributed by atoms with van der Waals surface area (Å²) in [5, 5.41) is 8.01. The molecule has 5 aromatic rings. The Morgan fingerprint density at radius 1 is 0.650 bits per heavy atom. The molecule has 40 heavy (non-hydrogen) atoms. The van der Waals surface area contributed by atoms with Crippen LogP contribution in [-0.4, -0.2) is 4.98 Å². The molecule has 2 aliphatic rings. The van der Waals surface area contributed by atoms with Gasteiger partial charge in [0.25, 0.3) is 0 Å². The van der Waals surface area contributed by atoms with Crippen molar-refractivity contribution in [1.29, 1.82) is 0 Å². The SMILES string of the molecule is Clc1ccnc2c1NC(c1ccc(C3=CC(c4ccccc4)NC(c4ccccc4)=C3)cc1)N2c1ccccc1. The van der Waals surface area contributed by atoms with Gasteiger partial charge in [0, 0.05) is 17.6 Å². The molecule has 2 unspecified atom stereocenters. The smallest absolute Gasteiger partial charge is 0.160 e. The predicted octanol–water partition coefficient (Wildman–Crippen LogP) is 8.77. The maximum Gasteiger partial charge on any atom is 0.160 e. The molecule has 0 saturated heterocycles. The predicted molar refractivity (Wildman–Crippen MR) is 165 cm³/mol. The van der Waals surface area contributed by atoms with Crippen molar-refractivity contribution in [2.24, 2.45) is 0 Å². The number of halogens is 1. The summed E-state index contributed by atoms with van der Waals surface area (Å²) in [4.78, 5) is 6.88. The van der Waals surface area contributed by atoms with E-state index in [4.69, 9.17) is 11.6 Å². The van der Waals surface area contributed by atoms with E-state index >= 15 is 0 Å². The second-order valence-corrected chi connectivity index (χ2v) is 10.4. The molecule has 4 aromatic carbocycles. The quantitative estimate of drug-likeness (QED) is 0.234. The molecule has 0 spiro atoms. The van der Waals surface area contributed by atoms with Crippen LogP contribution in [0.5, 0.6) is 0 Å². The Kier molecular flexibility index (Phi) is 6.31. The van der Waals surface area contributed by atoms with Crippen LogP contribution < -0.4 is 15.5 Å². The first-order valence-corrected chi connectivity index (χ1v) is 13.8. The van der Waals surface area contributed by atoms with Crippen LogP contribution in [-0.2, 0) is 0 Å². The zero-order valence-corrected chi connectivity index (χ0v) is 22.5. The van der Waals surface area contributed by atoms with Crippen LogP contribution in [0, 0.1) is 0 Å². The number of pyridine rings is 1. The molecule has 3 heterocycles. The van der Waals surface area contributed by atoms with Gasteiger partial charge in [0.2, 0.25) is 0 Å². The molecule has 0 radical (unpaired) electrons. The highest BCUT2D eigenvalue weighted by molar-refractivity contribution is 6.34. The normalized spacial score (nSPS) is 17.8. The fraction of sp³-hybridized carbons (Fsp3) is 0.0571. The van der Waals surface area contributed by atoms with Gasteiger partial charge in [0.05, 0.1) is 16.8 Å². The van der Waals surface area contributed by atoms with Gasteiger partial charge in [-0.15, -0.1) is 0 Å². The first-order chi connectivity index (χ1) is 19.7. The number of hydrogen-bond donors (Lipinski definition) is 2. The van der Waals surface area contributed by atoms with Gasteiger partial charge in [-0.05, 0) is 58.2 Å². The van der Waals surface area contributed by atoms with E-state index in [9.17, 15) is 0 Å². The highest BCUT2D eigenvalue weighted by Gasteiger charge is 2.33. The summed E-state index contributed by atoms with van der Waals surface area (Å²) in [5.41, 5.74) is 8.89. The summed E-state index contributed by atoms with van der Waals surface area (Å²) >= 11 is 6.58. The third-order valence-corrected chi connectivity index (χ3v) is 7.76. The topological polar surface area (TPSA) is 40.2 Å². The number of anilines is 3. The molecule has 0 saturated carbocycles. The molecule has 0 amide bonds. The lowest BCUT2D eigenvalue weighted by Gasteiger charge is -2.27. The van der Waals surface area contributed by atoms with Crippen LogP contribution in [0.4, 0.5) is 17.2 Å². The monoisotopic (exact) mass is 538 g/mol. The van der Waals surface area contributed by atoms with E-state index < -0.39 is 0 Å². The Bertz CT molecular complexity index is 1700. The molecule has 5 heteroatoms. The van der Waals surface area contributed by atoms with Gasteiger partial charge in [-0.3, -0.25) is 4.90 Å². The summed E-state index contributed by atoms with van der Waals surface area (Å²) in [6, 6.07) is 42.1. The van der Waals surface area contributed by atoms with E-state index in [0.29, 0.717) is 5.02 Å². The van der Waals surface area contributed by atoms with Crippen molar-refractivity contribution < 1.29 is 0 Å². The van der Waals surface area contributed by atoms with Gasteiger partial charge >= 0.3 is 0 Å². The van der Waals surface area contributed by atoms with Crippen LogP contribution in [0.15, 0.2) is 140 Å². The lowest BCUT2D eigenvalue weighted by molar-refractivity contribution is 0.766. The molecule has 2 N–H and O–H groups in total. The molecule has 0 fully saturated rings. The largest absolute Gasteiger partial charge is 0.374 e. The van der Waals surface area contributed by atoms with E-state index in [-0.39, 0.29) is 12.2 Å². The minimum Gasteiger partial charge on any atom is -0.374 e. The molecule has 0 bridgehead atoms. The molecular weight excluding hydrogens is 512 g/mol. The van der Waals surface area contributed by atoms with Crippen molar-refractivity contribution in [2.45, 2.75) is 12.2 Å². The molecule has 194 valence electrons. The molecule has 2 aliphatic heterocycles. The van der Waals surface area contributed by atoms with E-state index in [1.165, 1.54) is 16.7 Å². The molecule has 2 atom stereocenters. The van der Waals surface area contributed by atoms with E-state index in [2.05, 4.69) is 124 Å².